The first-order valence-electron chi connectivity index (χ1n) is 8.70. The highest BCUT2D eigenvalue weighted by Gasteiger charge is 2.04. The average Bonchev–Trinajstić information content (AvgIpc) is 2.60. The van der Waals surface area contributed by atoms with Crippen LogP contribution in [0.25, 0.3) is 0 Å². The Kier molecular flexibility index (Phi) is 8.83. The molecule has 0 aliphatic carbocycles. The van der Waals surface area contributed by atoms with Crippen LogP contribution in [0.1, 0.15) is 43.5 Å². The molecule has 3 rings (SSSR count). The molecule has 0 radical (unpaired) electrons. The fraction of sp³-hybridized carbons (Fsp3) is 0.200. The van der Waals surface area contributed by atoms with Crippen molar-refractivity contribution >= 4 is 23.8 Å². The third kappa shape index (κ3) is 8.74. The van der Waals surface area contributed by atoms with Crippen LogP contribution in [0, 0.1) is 27.7 Å². The van der Waals surface area contributed by atoms with Gasteiger partial charge in [0.1, 0.15) is 0 Å². The van der Waals surface area contributed by atoms with E-state index >= 15 is 0 Å². The maximum absolute atomic E-state index is 10.3. The third-order valence-electron chi connectivity index (χ3n) is 3.38. The number of carbonyl (C=O) groups is 2. The predicted molar refractivity (Wildman–Crippen MR) is 112 cm³/mol. The zero-order valence-corrected chi connectivity index (χ0v) is 17.1. The highest BCUT2D eigenvalue weighted by atomic mass is 16.4. The summed E-state index contributed by atoms with van der Waals surface area (Å²) in [5.41, 5.74) is 14.5. The van der Waals surface area contributed by atoms with Crippen LogP contribution in [0.3, 0.4) is 0 Å². The summed E-state index contributed by atoms with van der Waals surface area (Å²) in [4.78, 5) is 36.3. The van der Waals surface area contributed by atoms with Gasteiger partial charge in [-0.3, -0.25) is 0 Å². The number of carboxylic acid groups (broad SMARTS) is 2. The van der Waals surface area contributed by atoms with Crippen molar-refractivity contribution < 1.29 is 19.8 Å². The fourth-order valence-electron chi connectivity index (χ4n) is 2.26. The van der Waals surface area contributed by atoms with Crippen LogP contribution in [0.5, 0.6) is 0 Å². The molecule has 158 valence electrons. The molecule has 10 nitrogen and oxygen atoms in total. The standard InChI is InChI=1S/C8H6O4.2C6H9N3/c9-7(10)5-1-2-6(4-3-5)8(11)12;2*1-4-3-5(2)9-6(7)8-4/h1-4H,(H,9,10)(H,11,12);2*3H,1-2H3,(H2,7,8,9). The van der Waals surface area contributed by atoms with Gasteiger partial charge < -0.3 is 21.7 Å². The molecule has 6 N–H and O–H groups in total. The molecule has 0 atom stereocenters. The Bertz CT molecular complexity index is 839. The molecular weight excluding hydrogens is 388 g/mol. The van der Waals surface area contributed by atoms with Crippen molar-refractivity contribution in [1.82, 2.24) is 19.9 Å². The summed E-state index contributed by atoms with van der Waals surface area (Å²) in [6.45, 7) is 7.58. The molecule has 2 aromatic heterocycles. The second-order valence-electron chi connectivity index (χ2n) is 6.21. The van der Waals surface area contributed by atoms with Crippen molar-refractivity contribution in [3.63, 3.8) is 0 Å². The Morgan fingerprint density at radius 1 is 0.633 bits per heavy atom. The second-order valence-corrected chi connectivity index (χ2v) is 6.21. The summed E-state index contributed by atoms with van der Waals surface area (Å²) in [7, 11) is 0. The lowest BCUT2D eigenvalue weighted by Crippen LogP contribution is -1.99. The maximum Gasteiger partial charge on any atom is 0.335 e. The first kappa shape index (κ1) is 24.0. The average molecular weight is 412 g/mol. The van der Waals surface area contributed by atoms with Gasteiger partial charge >= 0.3 is 11.9 Å². The van der Waals surface area contributed by atoms with Crippen LogP contribution in [-0.2, 0) is 0 Å². The Hall–Kier alpha value is -4.08. The molecular formula is C20H24N6O4. The smallest absolute Gasteiger partial charge is 0.335 e. The normalized spacial score (nSPS) is 9.47. The zero-order valence-electron chi connectivity index (χ0n) is 17.1. The minimum Gasteiger partial charge on any atom is -0.478 e. The van der Waals surface area contributed by atoms with Gasteiger partial charge in [-0.05, 0) is 64.1 Å². The van der Waals surface area contributed by atoms with Crippen LogP contribution in [0.2, 0.25) is 0 Å². The minimum absolute atomic E-state index is 0.0833. The number of carboxylic acids is 2. The van der Waals surface area contributed by atoms with E-state index in [1.54, 1.807) is 0 Å². The van der Waals surface area contributed by atoms with E-state index in [1.807, 2.05) is 39.8 Å². The topological polar surface area (TPSA) is 178 Å². The van der Waals surface area contributed by atoms with E-state index in [4.69, 9.17) is 21.7 Å². The minimum atomic E-state index is -1.06. The molecule has 10 heteroatoms. The summed E-state index contributed by atoms with van der Waals surface area (Å²) in [5, 5.41) is 16.9. The van der Waals surface area contributed by atoms with E-state index in [-0.39, 0.29) is 11.1 Å². The lowest BCUT2D eigenvalue weighted by molar-refractivity contribution is 0.0681. The monoisotopic (exact) mass is 412 g/mol. The van der Waals surface area contributed by atoms with E-state index in [2.05, 4.69) is 19.9 Å². The van der Waals surface area contributed by atoms with Crippen molar-refractivity contribution in [2.75, 3.05) is 11.5 Å². The second kappa shape index (κ2) is 11.1. The van der Waals surface area contributed by atoms with E-state index in [1.165, 1.54) is 24.3 Å². The van der Waals surface area contributed by atoms with Crippen LogP contribution in [0.15, 0.2) is 36.4 Å². The number of aryl methyl sites for hydroxylation is 4. The van der Waals surface area contributed by atoms with Gasteiger partial charge in [-0.1, -0.05) is 0 Å². The molecule has 0 aliphatic rings. The number of nitrogens with zero attached hydrogens (tertiary/aromatic N) is 4. The molecule has 0 saturated carbocycles. The number of aromatic nitrogens is 4. The first-order valence-corrected chi connectivity index (χ1v) is 8.70. The van der Waals surface area contributed by atoms with Gasteiger partial charge in [-0.25, -0.2) is 29.5 Å². The van der Waals surface area contributed by atoms with Gasteiger partial charge in [0.2, 0.25) is 11.9 Å². The number of anilines is 2. The van der Waals surface area contributed by atoms with Gasteiger partial charge in [0, 0.05) is 22.8 Å². The number of nitrogen functional groups attached to an aromatic ring is 2. The Morgan fingerprint density at radius 3 is 1.03 bits per heavy atom. The molecule has 1 aromatic carbocycles. The molecule has 0 fully saturated rings. The first-order chi connectivity index (χ1) is 14.0. The van der Waals surface area contributed by atoms with Crippen LogP contribution >= 0.6 is 0 Å². The summed E-state index contributed by atoms with van der Waals surface area (Å²) >= 11 is 0. The lowest BCUT2D eigenvalue weighted by Gasteiger charge is -1.94. The summed E-state index contributed by atoms with van der Waals surface area (Å²) in [6.07, 6.45) is 0. The van der Waals surface area contributed by atoms with Crippen molar-refractivity contribution in [2.24, 2.45) is 0 Å². The Morgan fingerprint density at radius 2 is 0.867 bits per heavy atom. The fourth-order valence-corrected chi connectivity index (χ4v) is 2.26. The van der Waals surface area contributed by atoms with Crippen molar-refractivity contribution in [2.45, 2.75) is 27.7 Å². The van der Waals surface area contributed by atoms with Crippen molar-refractivity contribution in [1.29, 1.82) is 0 Å². The number of hydrogen-bond acceptors (Lipinski definition) is 8. The number of nitrogens with two attached hydrogens (primary N) is 2. The lowest BCUT2D eigenvalue weighted by atomic mass is 10.1. The molecule has 0 saturated heterocycles. The molecule has 0 unspecified atom stereocenters. The van der Waals surface area contributed by atoms with Crippen molar-refractivity contribution in [3.05, 3.63) is 70.3 Å². The molecule has 30 heavy (non-hydrogen) atoms. The predicted octanol–water partition coefficient (Wildman–Crippen LogP) is 2.43. The Balaban J connectivity index is 0.000000229. The van der Waals surface area contributed by atoms with E-state index in [0.717, 1.165) is 22.8 Å². The number of aromatic carboxylic acids is 2. The number of benzene rings is 1. The van der Waals surface area contributed by atoms with Gasteiger partial charge in [0.15, 0.2) is 0 Å². The molecule has 0 aliphatic heterocycles. The van der Waals surface area contributed by atoms with Crippen molar-refractivity contribution in [3.8, 4) is 0 Å². The molecule has 0 amide bonds. The molecule has 2 heterocycles. The SMILES string of the molecule is Cc1cc(C)nc(N)n1.Cc1cc(C)nc(N)n1.O=C(O)c1ccc(C(=O)O)cc1. The highest BCUT2D eigenvalue weighted by Crippen LogP contribution is 2.04. The van der Waals surface area contributed by atoms with Gasteiger partial charge in [0.25, 0.3) is 0 Å². The number of rotatable bonds is 2. The van der Waals surface area contributed by atoms with Crippen LogP contribution in [0.4, 0.5) is 11.9 Å². The van der Waals surface area contributed by atoms with Gasteiger partial charge in [-0.2, -0.15) is 0 Å². The number of hydrogen-bond donors (Lipinski definition) is 4. The summed E-state index contributed by atoms with van der Waals surface area (Å²) in [6, 6.07) is 8.79. The van der Waals surface area contributed by atoms with Crippen LogP contribution < -0.4 is 11.5 Å². The molecule has 3 aromatic rings. The summed E-state index contributed by atoms with van der Waals surface area (Å²) in [5.74, 6) is -1.42. The quantitative estimate of drug-likeness (QED) is 0.488. The summed E-state index contributed by atoms with van der Waals surface area (Å²) < 4.78 is 0. The molecule has 0 spiro atoms. The Labute approximate surface area is 173 Å². The highest BCUT2D eigenvalue weighted by molar-refractivity contribution is 5.91. The largest absolute Gasteiger partial charge is 0.478 e. The van der Waals surface area contributed by atoms with Gasteiger partial charge in [-0.15, -0.1) is 0 Å². The van der Waals surface area contributed by atoms with E-state index in [9.17, 15) is 9.59 Å². The molecule has 0 bridgehead atoms. The van der Waals surface area contributed by atoms with Crippen LogP contribution in [-0.4, -0.2) is 42.1 Å². The maximum atomic E-state index is 10.3. The third-order valence-corrected chi connectivity index (χ3v) is 3.38. The van der Waals surface area contributed by atoms with E-state index in [0.29, 0.717) is 11.9 Å². The van der Waals surface area contributed by atoms with Gasteiger partial charge in [0.05, 0.1) is 11.1 Å². The van der Waals surface area contributed by atoms with E-state index < -0.39 is 11.9 Å². The zero-order chi connectivity index (χ0) is 22.8.